The van der Waals surface area contributed by atoms with Crippen molar-refractivity contribution in [2.24, 2.45) is 0 Å². The summed E-state index contributed by atoms with van der Waals surface area (Å²) in [5.74, 6) is 0. The Labute approximate surface area is 92.7 Å². The van der Waals surface area contributed by atoms with Gasteiger partial charge in [0.2, 0.25) is 0 Å². The normalized spacial score (nSPS) is 20.3. The molecule has 0 fully saturated rings. The summed E-state index contributed by atoms with van der Waals surface area (Å²) < 4.78 is 0. The van der Waals surface area contributed by atoms with E-state index in [1.165, 1.54) is 57.8 Å². The van der Waals surface area contributed by atoms with Crippen LogP contribution in [-0.4, -0.2) is 0 Å². The molecule has 0 amide bonds. The average Bonchev–Trinajstić information content (AvgIpc) is 3.04. The second-order valence-corrected chi connectivity index (χ2v) is 5.14. The van der Waals surface area contributed by atoms with Crippen molar-refractivity contribution in [1.29, 1.82) is 0 Å². The van der Waals surface area contributed by atoms with E-state index in [2.05, 4.69) is 12.1 Å². The summed E-state index contributed by atoms with van der Waals surface area (Å²) >= 11 is 0. The summed E-state index contributed by atoms with van der Waals surface area (Å²) in [5, 5.41) is 0. The van der Waals surface area contributed by atoms with Crippen LogP contribution in [0.15, 0.2) is 12.1 Å². The van der Waals surface area contributed by atoms with E-state index in [1.807, 2.05) is 0 Å². The van der Waals surface area contributed by atoms with Crippen LogP contribution in [0, 0.1) is 0 Å². The Balaban J connectivity index is 1.85. The van der Waals surface area contributed by atoms with E-state index in [0.717, 1.165) is 0 Å². The van der Waals surface area contributed by atoms with Gasteiger partial charge in [-0.25, -0.2) is 0 Å². The van der Waals surface area contributed by atoms with Crippen molar-refractivity contribution in [1.82, 2.24) is 0 Å². The first kappa shape index (κ1) is 9.45. The van der Waals surface area contributed by atoms with Crippen LogP contribution in [0.1, 0.15) is 60.8 Å². The maximum absolute atomic E-state index is 2.41. The molecule has 0 nitrogen and oxygen atoms in total. The van der Waals surface area contributed by atoms with E-state index in [0.29, 0.717) is 0 Å². The fraction of sp³-hybridized carbons (Fsp3) is 0.600. The summed E-state index contributed by atoms with van der Waals surface area (Å²) in [6.45, 7) is 0. The number of hydrogen-bond acceptors (Lipinski definition) is 0. The average molecular weight is 200 g/mol. The molecule has 0 saturated carbocycles. The molecule has 0 aliphatic heterocycles. The minimum atomic E-state index is 1.30. The van der Waals surface area contributed by atoms with Crippen molar-refractivity contribution in [3.63, 3.8) is 0 Å². The third-order valence-electron chi connectivity index (χ3n) is 3.99. The van der Waals surface area contributed by atoms with Crippen LogP contribution in [0.3, 0.4) is 0 Å². The Bertz CT molecular complexity index is 363. The number of benzene rings is 1. The van der Waals surface area contributed by atoms with E-state index < -0.39 is 0 Å². The van der Waals surface area contributed by atoms with Gasteiger partial charge in [0.1, 0.15) is 0 Å². The Kier molecular flexibility index (Phi) is 2.52. The summed E-state index contributed by atoms with van der Waals surface area (Å²) in [6, 6.07) is 4.77. The summed E-state index contributed by atoms with van der Waals surface area (Å²) in [6.07, 6.45) is 12.6. The minimum absolute atomic E-state index is 1.30. The largest absolute Gasteiger partial charge is 0.0585 e. The van der Waals surface area contributed by atoms with Crippen LogP contribution in [0.25, 0.3) is 0 Å². The molecule has 0 bridgehead atoms. The van der Waals surface area contributed by atoms with Gasteiger partial charge < -0.3 is 0 Å². The molecule has 1 aromatic carbocycles. The molecular weight excluding hydrogens is 180 g/mol. The van der Waals surface area contributed by atoms with E-state index in [4.69, 9.17) is 0 Å². The van der Waals surface area contributed by atoms with Crippen LogP contribution in [-0.2, 0) is 19.3 Å². The maximum Gasteiger partial charge on any atom is -0.00171 e. The molecule has 2 aliphatic carbocycles. The molecule has 0 N–H and O–H groups in total. The van der Waals surface area contributed by atoms with Crippen LogP contribution in [0.5, 0.6) is 0 Å². The van der Waals surface area contributed by atoms with Crippen LogP contribution >= 0.6 is 0 Å². The molecule has 1 aromatic rings. The van der Waals surface area contributed by atoms with Gasteiger partial charge in [-0.2, -0.15) is 0 Å². The summed E-state index contributed by atoms with van der Waals surface area (Å²) in [5.41, 5.74) is 6.77. The first-order chi connectivity index (χ1) is 7.45. The van der Waals surface area contributed by atoms with Gasteiger partial charge in [0, 0.05) is 0 Å². The molecule has 80 valence electrons. The Morgan fingerprint density at radius 1 is 0.600 bits per heavy atom. The van der Waals surface area contributed by atoms with E-state index in [-0.39, 0.29) is 0 Å². The first-order valence-corrected chi connectivity index (χ1v) is 6.57. The van der Waals surface area contributed by atoms with Gasteiger partial charge in [-0.05, 0) is 54.4 Å². The smallest absolute Gasteiger partial charge is 0.00171 e. The second-order valence-electron chi connectivity index (χ2n) is 5.14. The molecule has 0 atom stereocenters. The Morgan fingerprint density at radius 3 is 2.13 bits per heavy atom. The molecule has 0 unspecified atom stereocenters. The molecule has 2 aliphatic rings. The van der Waals surface area contributed by atoms with Gasteiger partial charge in [0.05, 0.1) is 0 Å². The lowest BCUT2D eigenvalue weighted by molar-refractivity contribution is 0.581. The molecule has 0 heteroatoms. The van der Waals surface area contributed by atoms with Gasteiger partial charge in [0.15, 0.2) is 0 Å². The Morgan fingerprint density at radius 2 is 1.27 bits per heavy atom. The second kappa shape index (κ2) is 4.00. The van der Waals surface area contributed by atoms with E-state index in [1.54, 1.807) is 22.3 Å². The summed E-state index contributed by atoms with van der Waals surface area (Å²) in [7, 11) is 0. The fourth-order valence-electron chi connectivity index (χ4n) is 2.97. The molecule has 3 rings (SSSR count). The zero-order chi connectivity index (χ0) is 10.1. The lowest BCUT2D eigenvalue weighted by Crippen LogP contribution is -1.97. The highest BCUT2D eigenvalue weighted by molar-refractivity contribution is 5.54. The topological polar surface area (TPSA) is 0 Å². The molecule has 0 aromatic heterocycles. The van der Waals surface area contributed by atoms with Crippen LogP contribution in [0.2, 0.25) is 0 Å². The van der Waals surface area contributed by atoms with Crippen molar-refractivity contribution >= 4 is 0 Å². The predicted octanol–water partition coefficient (Wildman–Crippen LogP) is 4.03. The lowest BCUT2D eigenvalue weighted by Gasteiger charge is -2.11. The Hall–Kier alpha value is -0.780. The molecule has 0 saturated heterocycles. The molecule has 0 spiro atoms. The zero-order valence-electron chi connectivity index (χ0n) is 9.52. The van der Waals surface area contributed by atoms with E-state index in [9.17, 15) is 0 Å². The van der Waals surface area contributed by atoms with Gasteiger partial charge >= 0.3 is 0 Å². The monoisotopic (exact) mass is 200 g/mol. The highest BCUT2D eigenvalue weighted by atomic mass is 14.3. The van der Waals surface area contributed by atoms with Crippen molar-refractivity contribution in [2.45, 2.75) is 57.8 Å². The predicted molar refractivity (Wildman–Crippen MR) is 64.4 cm³/mol. The number of fused-ring (bicyclic) bond motifs is 3. The van der Waals surface area contributed by atoms with Gasteiger partial charge in [0.25, 0.3) is 0 Å². The van der Waals surface area contributed by atoms with Gasteiger partial charge in [-0.1, -0.05) is 37.8 Å². The third kappa shape index (κ3) is 1.95. The van der Waals surface area contributed by atoms with Crippen molar-refractivity contribution in [3.05, 3.63) is 34.4 Å². The van der Waals surface area contributed by atoms with Crippen molar-refractivity contribution < 1.29 is 0 Å². The first-order valence-electron chi connectivity index (χ1n) is 6.57. The molecule has 0 heterocycles. The number of rotatable bonds is 0. The van der Waals surface area contributed by atoms with Crippen LogP contribution in [0.4, 0.5) is 0 Å². The third-order valence-corrected chi connectivity index (χ3v) is 3.99. The summed E-state index contributed by atoms with van der Waals surface area (Å²) in [4.78, 5) is 0. The SMILES string of the molecule is c1cc2c(c3c1CCCCCCCC3)C2. The van der Waals surface area contributed by atoms with Gasteiger partial charge in [-0.15, -0.1) is 0 Å². The maximum atomic E-state index is 2.41. The zero-order valence-corrected chi connectivity index (χ0v) is 9.52. The van der Waals surface area contributed by atoms with Gasteiger partial charge in [-0.3, -0.25) is 0 Å². The van der Waals surface area contributed by atoms with Crippen LogP contribution < -0.4 is 0 Å². The lowest BCUT2D eigenvalue weighted by atomic mass is 9.94. The van der Waals surface area contributed by atoms with E-state index >= 15 is 0 Å². The molecule has 0 radical (unpaired) electrons. The fourth-order valence-corrected chi connectivity index (χ4v) is 2.97. The highest BCUT2D eigenvalue weighted by Gasteiger charge is 2.22. The number of aryl methyl sites for hydroxylation is 1. The standard InChI is InChI=1S/C15H20/c1-2-4-6-8-14-12(7-5-3-1)9-10-13-11-15(13)14/h9-10H,1-8,11H2. The van der Waals surface area contributed by atoms with Crippen molar-refractivity contribution in [3.8, 4) is 0 Å². The molecular formula is C15H20. The number of hydrogen-bond donors (Lipinski definition) is 0. The molecule has 15 heavy (non-hydrogen) atoms. The highest BCUT2D eigenvalue weighted by Crippen LogP contribution is 2.35. The van der Waals surface area contributed by atoms with Crippen molar-refractivity contribution in [2.75, 3.05) is 0 Å². The minimum Gasteiger partial charge on any atom is -0.0585 e. The quantitative estimate of drug-likeness (QED) is 0.602.